The van der Waals surface area contributed by atoms with Crippen molar-refractivity contribution in [3.8, 4) is 5.75 Å². The van der Waals surface area contributed by atoms with Crippen molar-refractivity contribution in [3.63, 3.8) is 0 Å². The molecule has 0 unspecified atom stereocenters. The Morgan fingerprint density at radius 3 is 2.65 bits per heavy atom. The van der Waals surface area contributed by atoms with E-state index in [0.717, 1.165) is 30.1 Å². The topological polar surface area (TPSA) is 93.6 Å². The Balaban J connectivity index is 2.16. The molecule has 0 radical (unpaired) electrons. The molecule has 8 nitrogen and oxygen atoms in total. The zero-order chi connectivity index (χ0) is 16.8. The van der Waals surface area contributed by atoms with Crippen molar-refractivity contribution in [2.24, 2.45) is 5.10 Å². The Bertz CT molecular complexity index is 676. The van der Waals surface area contributed by atoms with E-state index >= 15 is 0 Å². The van der Waals surface area contributed by atoms with Gasteiger partial charge >= 0.3 is 0 Å². The van der Waals surface area contributed by atoms with Gasteiger partial charge in [0.25, 0.3) is 5.95 Å². The number of nitrogens with one attached hydrogen (secondary N) is 1. The number of hydrazone groups is 1. The molecular formula is C15H23N7O. The lowest BCUT2D eigenvalue weighted by Gasteiger charge is -2.21. The molecule has 0 amide bonds. The molecular weight excluding hydrogens is 294 g/mol. The Morgan fingerprint density at radius 1 is 1.35 bits per heavy atom. The number of aromatic nitrogens is 3. The maximum absolute atomic E-state index is 5.75. The second-order valence-electron chi connectivity index (χ2n) is 4.91. The minimum Gasteiger partial charge on any atom is -0.496 e. The summed E-state index contributed by atoms with van der Waals surface area (Å²) >= 11 is 0. The van der Waals surface area contributed by atoms with Gasteiger partial charge in [0.05, 0.1) is 13.3 Å². The lowest BCUT2D eigenvalue weighted by atomic mass is 10.2. The fraction of sp³-hybridized carbons (Fsp3) is 0.400. The van der Waals surface area contributed by atoms with Crippen LogP contribution in [0.15, 0.2) is 23.3 Å². The van der Waals surface area contributed by atoms with Crippen molar-refractivity contribution in [3.05, 3.63) is 29.6 Å². The van der Waals surface area contributed by atoms with Crippen molar-refractivity contribution in [2.45, 2.75) is 20.8 Å². The van der Waals surface area contributed by atoms with E-state index in [4.69, 9.17) is 10.6 Å². The monoisotopic (exact) mass is 317 g/mol. The lowest BCUT2D eigenvalue weighted by Crippen LogP contribution is -2.21. The van der Waals surface area contributed by atoms with Crippen molar-refractivity contribution < 1.29 is 4.74 Å². The number of rotatable bonds is 7. The highest BCUT2D eigenvalue weighted by atomic mass is 16.5. The van der Waals surface area contributed by atoms with Gasteiger partial charge in [-0.1, -0.05) is 0 Å². The Morgan fingerprint density at radius 2 is 2.09 bits per heavy atom. The molecule has 0 fully saturated rings. The van der Waals surface area contributed by atoms with Crippen LogP contribution in [0.3, 0.4) is 0 Å². The molecule has 1 aromatic heterocycles. The van der Waals surface area contributed by atoms with Crippen molar-refractivity contribution >= 4 is 17.9 Å². The second kappa shape index (κ2) is 7.48. The highest BCUT2D eigenvalue weighted by Crippen LogP contribution is 2.24. The third-order valence-corrected chi connectivity index (χ3v) is 3.58. The van der Waals surface area contributed by atoms with Crippen LogP contribution in [0.1, 0.15) is 25.2 Å². The number of hydrogen-bond acceptors (Lipinski definition) is 7. The largest absolute Gasteiger partial charge is 0.496 e. The summed E-state index contributed by atoms with van der Waals surface area (Å²) < 4.78 is 6.78. The predicted octanol–water partition coefficient (Wildman–Crippen LogP) is 1.60. The van der Waals surface area contributed by atoms with Gasteiger partial charge in [-0.25, -0.2) is 10.1 Å². The second-order valence-corrected chi connectivity index (χ2v) is 4.91. The zero-order valence-corrected chi connectivity index (χ0v) is 13.9. The fourth-order valence-electron chi connectivity index (χ4n) is 2.20. The molecule has 8 heteroatoms. The number of anilines is 2. The summed E-state index contributed by atoms with van der Waals surface area (Å²) in [6, 6.07) is 6.02. The van der Waals surface area contributed by atoms with E-state index in [1.165, 1.54) is 4.68 Å². The smallest absolute Gasteiger partial charge is 0.263 e. The highest BCUT2D eigenvalue weighted by molar-refractivity contribution is 5.85. The van der Waals surface area contributed by atoms with Gasteiger partial charge in [0.15, 0.2) is 5.82 Å². The molecule has 0 saturated heterocycles. The number of ether oxygens (including phenoxy) is 1. The summed E-state index contributed by atoms with van der Waals surface area (Å²) in [5.41, 5.74) is 4.74. The first-order valence-corrected chi connectivity index (χ1v) is 7.49. The molecule has 0 aliphatic rings. The third kappa shape index (κ3) is 3.71. The molecule has 0 aliphatic heterocycles. The van der Waals surface area contributed by atoms with Crippen LogP contribution in [-0.2, 0) is 0 Å². The van der Waals surface area contributed by atoms with E-state index in [9.17, 15) is 0 Å². The molecule has 3 N–H and O–H groups in total. The summed E-state index contributed by atoms with van der Waals surface area (Å²) in [6.07, 6.45) is 1.66. The van der Waals surface area contributed by atoms with Crippen LogP contribution in [-0.4, -0.2) is 41.3 Å². The van der Waals surface area contributed by atoms with Crippen LogP contribution >= 0.6 is 0 Å². The van der Waals surface area contributed by atoms with E-state index < -0.39 is 0 Å². The lowest BCUT2D eigenvalue weighted by molar-refractivity contribution is 0.414. The molecule has 124 valence electrons. The first-order valence-electron chi connectivity index (χ1n) is 7.49. The average Bonchev–Trinajstić information content (AvgIpc) is 2.89. The Hall–Kier alpha value is -2.77. The normalized spacial score (nSPS) is 11.0. The molecule has 0 aliphatic carbocycles. The number of methoxy groups -OCH3 is 1. The first kappa shape index (κ1) is 16.6. The summed E-state index contributed by atoms with van der Waals surface area (Å²) in [5.74, 6) is 7.48. The number of benzene rings is 1. The molecule has 0 spiro atoms. The molecule has 23 heavy (non-hydrogen) atoms. The van der Waals surface area contributed by atoms with Crippen LogP contribution in [0, 0.1) is 6.92 Å². The average molecular weight is 317 g/mol. The third-order valence-electron chi connectivity index (χ3n) is 3.58. The molecule has 1 aromatic carbocycles. The zero-order valence-electron chi connectivity index (χ0n) is 13.9. The van der Waals surface area contributed by atoms with Crippen molar-refractivity contribution in [1.82, 2.24) is 14.9 Å². The van der Waals surface area contributed by atoms with Gasteiger partial charge in [0.1, 0.15) is 5.75 Å². The number of nitrogen functional groups attached to an aromatic ring is 1. The van der Waals surface area contributed by atoms with Crippen LogP contribution in [0.2, 0.25) is 0 Å². The Kier molecular flexibility index (Phi) is 5.40. The number of nitrogens with two attached hydrogens (primary N) is 1. The summed E-state index contributed by atoms with van der Waals surface area (Å²) in [6.45, 7) is 7.90. The quantitative estimate of drug-likeness (QED) is 0.458. The number of hydrogen-bond donors (Lipinski definition) is 2. The molecule has 2 rings (SSSR count). The Labute approximate surface area is 135 Å². The van der Waals surface area contributed by atoms with Gasteiger partial charge in [0.2, 0.25) is 0 Å². The van der Waals surface area contributed by atoms with E-state index in [1.54, 1.807) is 20.2 Å². The first-order chi connectivity index (χ1) is 11.1. The van der Waals surface area contributed by atoms with Crippen LogP contribution < -0.4 is 20.9 Å². The minimum atomic E-state index is 0.373. The van der Waals surface area contributed by atoms with E-state index in [-0.39, 0.29) is 0 Å². The number of aryl methyl sites for hydroxylation is 1. The minimum absolute atomic E-state index is 0.373. The maximum atomic E-state index is 5.75. The van der Waals surface area contributed by atoms with Crippen LogP contribution in [0.5, 0.6) is 5.75 Å². The highest BCUT2D eigenvalue weighted by Gasteiger charge is 2.07. The summed E-state index contributed by atoms with van der Waals surface area (Å²) in [5, 5.41) is 11.9. The van der Waals surface area contributed by atoms with Crippen molar-refractivity contribution in [1.29, 1.82) is 0 Å². The van der Waals surface area contributed by atoms with Gasteiger partial charge in [0, 0.05) is 30.4 Å². The number of nitrogens with zero attached hydrogens (tertiary/aromatic N) is 5. The summed E-state index contributed by atoms with van der Waals surface area (Å²) in [4.78, 5) is 2.25. The van der Waals surface area contributed by atoms with E-state index in [0.29, 0.717) is 11.8 Å². The van der Waals surface area contributed by atoms with Crippen molar-refractivity contribution in [2.75, 3.05) is 36.4 Å². The van der Waals surface area contributed by atoms with E-state index in [1.807, 2.05) is 18.2 Å². The summed E-state index contributed by atoms with van der Waals surface area (Å²) in [7, 11) is 1.64. The molecule has 1 heterocycles. The molecule has 0 saturated carbocycles. The molecule has 0 atom stereocenters. The molecule has 0 bridgehead atoms. The fourth-order valence-corrected chi connectivity index (χ4v) is 2.20. The van der Waals surface area contributed by atoms with Gasteiger partial charge < -0.3 is 15.5 Å². The predicted molar refractivity (Wildman–Crippen MR) is 92.7 cm³/mol. The van der Waals surface area contributed by atoms with Gasteiger partial charge in [-0.3, -0.25) is 0 Å². The standard InChI is InChI=1S/C15H23N7O/c1-5-21(6-2)13-8-7-12(14(9-13)23-4)10-17-19-15-20-18-11(3)22(15)16/h7-10H,5-6,16H2,1-4H3,(H,19,20). The SMILES string of the molecule is CCN(CC)c1ccc(C=NNc2nnc(C)n2N)c(OC)c1. The van der Waals surface area contributed by atoms with Gasteiger partial charge in [-0.05, 0) is 32.9 Å². The van der Waals surface area contributed by atoms with E-state index in [2.05, 4.69) is 39.5 Å². The maximum Gasteiger partial charge on any atom is 0.263 e. The molecule has 2 aromatic rings. The van der Waals surface area contributed by atoms with Crippen LogP contribution in [0.25, 0.3) is 0 Å². The van der Waals surface area contributed by atoms with Crippen LogP contribution in [0.4, 0.5) is 11.6 Å². The van der Waals surface area contributed by atoms with Gasteiger partial charge in [-0.2, -0.15) is 5.10 Å². The van der Waals surface area contributed by atoms with Gasteiger partial charge in [-0.15, -0.1) is 10.2 Å².